The maximum atomic E-state index is 12.5. The molecule has 2 aromatic rings. The fourth-order valence-corrected chi connectivity index (χ4v) is 3.92. The average Bonchev–Trinajstić information content (AvgIpc) is 2.97. The first-order valence-corrected chi connectivity index (χ1v) is 8.99. The molecule has 0 aliphatic carbocycles. The third-order valence-electron chi connectivity index (χ3n) is 3.88. The Morgan fingerprint density at radius 3 is 2.87 bits per heavy atom. The maximum absolute atomic E-state index is 12.5. The second-order valence-corrected chi connectivity index (χ2v) is 8.30. The van der Waals surface area contributed by atoms with E-state index in [9.17, 15) is 9.59 Å². The quantitative estimate of drug-likeness (QED) is 0.911. The summed E-state index contributed by atoms with van der Waals surface area (Å²) in [6.45, 7) is 4.22. The molecule has 1 unspecified atom stereocenters. The van der Waals surface area contributed by atoms with Crippen LogP contribution in [0.25, 0.3) is 11.0 Å². The van der Waals surface area contributed by atoms with E-state index in [-0.39, 0.29) is 11.8 Å². The van der Waals surface area contributed by atoms with Crippen molar-refractivity contribution >= 4 is 46.3 Å². The monoisotopic (exact) mass is 350 g/mol. The molecule has 1 N–H and O–H groups in total. The molecule has 2 heterocycles. The van der Waals surface area contributed by atoms with E-state index in [1.54, 1.807) is 11.9 Å². The number of fused-ring (bicyclic) bond motifs is 1. The molecule has 2 amide bonds. The predicted molar refractivity (Wildman–Crippen MR) is 92.4 cm³/mol. The molecule has 1 aliphatic heterocycles. The molecular formula is C15H18N4O2S2. The van der Waals surface area contributed by atoms with Gasteiger partial charge in [0.25, 0.3) is 0 Å². The second-order valence-electron chi connectivity index (χ2n) is 6.13. The molecule has 1 atom stereocenters. The van der Waals surface area contributed by atoms with Crippen LogP contribution in [0.3, 0.4) is 0 Å². The minimum absolute atomic E-state index is 0.0714. The molecule has 6 nitrogen and oxygen atoms in total. The van der Waals surface area contributed by atoms with Gasteiger partial charge in [-0.1, -0.05) is 6.07 Å². The molecule has 8 heteroatoms. The molecule has 0 bridgehead atoms. The van der Waals surface area contributed by atoms with Crippen molar-refractivity contribution in [3.63, 3.8) is 0 Å². The fraction of sp³-hybridized carbons (Fsp3) is 0.467. The van der Waals surface area contributed by atoms with E-state index in [1.165, 1.54) is 23.5 Å². The van der Waals surface area contributed by atoms with Crippen molar-refractivity contribution in [2.45, 2.75) is 31.2 Å². The van der Waals surface area contributed by atoms with Crippen molar-refractivity contribution in [1.29, 1.82) is 0 Å². The van der Waals surface area contributed by atoms with Gasteiger partial charge < -0.3 is 10.2 Å². The molecule has 1 aliphatic rings. The zero-order valence-corrected chi connectivity index (χ0v) is 14.8. The standard InChI is InChI=1S/C15H18N4O2S2/c1-15(2)14(21)16-12(8-22-15)13(20)19(3)7-9-4-5-10-11(6-9)18-23-17-10/h4-6,12H,7-8H2,1-3H3,(H,16,21). The van der Waals surface area contributed by atoms with Crippen LogP contribution < -0.4 is 5.32 Å². The maximum Gasteiger partial charge on any atom is 0.246 e. The second kappa shape index (κ2) is 6.09. The Bertz CT molecular complexity index is 759. The lowest BCUT2D eigenvalue weighted by Gasteiger charge is -2.34. The largest absolute Gasteiger partial charge is 0.342 e. The summed E-state index contributed by atoms with van der Waals surface area (Å²) < 4.78 is 7.91. The summed E-state index contributed by atoms with van der Waals surface area (Å²) in [7, 11) is 1.75. The summed E-state index contributed by atoms with van der Waals surface area (Å²) in [6.07, 6.45) is 0. The number of rotatable bonds is 3. The Balaban J connectivity index is 1.66. The predicted octanol–water partition coefficient (Wildman–Crippen LogP) is 1.66. The van der Waals surface area contributed by atoms with Crippen molar-refractivity contribution < 1.29 is 9.59 Å². The van der Waals surface area contributed by atoms with Gasteiger partial charge in [-0.15, -0.1) is 11.8 Å². The van der Waals surface area contributed by atoms with Crippen molar-refractivity contribution in [3.8, 4) is 0 Å². The number of hydrogen-bond acceptors (Lipinski definition) is 6. The van der Waals surface area contributed by atoms with Gasteiger partial charge in [-0.3, -0.25) is 9.59 Å². The Labute approximate surface area is 143 Å². The van der Waals surface area contributed by atoms with Gasteiger partial charge in [0.05, 0.1) is 16.5 Å². The number of nitrogens with one attached hydrogen (secondary N) is 1. The van der Waals surface area contributed by atoms with Crippen LogP contribution >= 0.6 is 23.5 Å². The van der Waals surface area contributed by atoms with Crippen LogP contribution in [0.15, 0.2) is 18.2 Å². The van der Waals surface area contributed by atoms with E-state index in [1.807, 2.05) is 32.0 Å². The molecule has 1 saturated heterocycles. The highest BCUT2D eigenvalue weighted by Crippen LogP contribution is 2.29. The van der Waals surface area contributed by atoms with E-state index >= 15 is 0 Å². The first-order chi connectivity index (χ1) is 10.9. The van der Waals surface area contributed by atoms with Crippen molar-refractivity contribution in [1.82, 2.24) is 19.0 Å². The molecule has 0 radical (unpaired) electrons. The summed E-state index contributed by atoms with van der Waals surface area (Å²) >= 11 is 2.69. The molecule has 0 spiro atoms. The number of thioether (sulfide) groups is 1. The molecule has 122 valence electrons. The Kier molecular flexibility index (Phi) is 4.29. The topological polar surface area (TPSA) is 75.2 Å². The number of nitrogens with zero attached hydrogens (tertiary/aromatic N) is 3. The number of amides is 2. The van der Waals surface area contributed by atoms with Gasteiger partial charge in [0.2, 0.25) is 11.8 Å². The highest BCUT2D eigenvalue weighted by molar-refractivity contribution is 8.01. The molecule has 1 aromatic heterocycles. The molecule has 1 fully saturated rings. The fourth-order valence-electron chi connectivity index (χ4n) is 2.41. The van der Waals surface area contributed by atoms with Gasteiger partial charge in [0.1, 0.15) is 17.1 Å². The Morgan fingerprint density at radius 1 is 1.39 bits per heavy atom. The van der Waals surface area contributed by atoms with Crippen LogP contribution in [0.5, 0.6) is 0 Å². The van der Waals surface area contributed by atoms with E-state index in [0.29, 0.717) is 12.3 Å². The van der Waals surface area contributed by atoms with E-state index in [0.717, 1.165) is 16.6 Å². The smallest absolute Gasteiger partial charge is 0.246 e. The normalized spacial score (nSPS) is 20.3. The van der Waals surface area contributed by atoms with Gasteiger partial charge in [0.15, 0.2) is 0 Å². The van der Waals surface area contributed by atoms with Crippen LogP contribution in [0.4, 0.5) is 0 Å². The lowest BCUT2D eigenvalue weighted by atomic mass is 10.1. The van der Waals surface area contributed by atoms with Gasteiger partial charge in [-0.2, -0.15) is 8.75 Å². The summed E-state index contributed by atoms with van der Waals surface area (Å²) in [5.41, 5.74) is 2.71. The van der Waals surface area contributed by atoms with Crippen LogP contribution in [0.1, 0.15) is 19.4 Å². The first-order valence-electron chi connectivity index (χ1n) is 7.28. The molecule has 1 aromatic carbocycles. The van der Waals surface area contributed by atoms with Crippen LogP contribution in [0, 0.1) is 0 Å². The Hall–Kier alpha value is -1.67. The summed E-state index contributed by atoms with van der Waals surface area (Å²) in [6, 6.07) is 5.34. The third kappa shape index (κ3) is 3.32. The number of carbonyl (C=O) groups excluding carboxylic acids is 2. The SMILES string of the molecule is CN(Cc1ccc2nsnc2c1)C(=O)C1CSC(C)(C)C(=O)N1. The van der Waals surface area contributed by atoms with Gasteiger partial charge in [-0.25, -0.2) is 0 Å². The lowest BCUT2D eigenvalue weighted by molar-refractivity contribution is -0.136. The van der Waals surface area contributed by atoms with Crippen molar-refractivity contribution in [3.05, 3.63) is 23.8 Å². The van der Waals surface area contributed by atoms with Crippen molar-refractivity contribution in [2.75, 3.05) is 12.8 Å². The summed E-state index contributed by atoms with van der Waals surface area (Å²) in [5.74, 6) is 0.435. The minimum atomic E-state index is -0.474. The van der Waals surface area contributed by atoms with Crippen molar-refractivity contribution in [2.24, 2.45) is 0 Å². The number of aromatic nitrogens is 2. The summed E-state index contributed by atoms with van der Waals surface area (Å²) in [5, 5.41) is 2.83. The highest BCUT2D eigenvalue weighted by Gasteiger charge is 2.38. The van der Waals surface area contributed by atoms with Gasteiger partial charge in [0, 0.05) is 19.3 Å². The van der Waals surface area contributed by atoms with E-state index in [2.05, 4.69) is 14.1 Å². The number of benzene rings is 1. The highest BCUT2D eigenvalue weighted by atomic mass is 32.2. The third-order valence-corrected chi connectivity index (χ3v) is 5.84. The van der Waals surface area contributed by atoms with Gasteiger partial charge in [-0.05, 0) is 31.5 Å². The molecule has 23 heavy (non-hydrogen) atoms. The summed E-state index contributed by atoms with van der Waals surface area (Å²) in [4.78, 5) is 26.2. The molecule has 3 rings (SSSR count). The lowest BCUT2D eigenvalue weighted by Crippen LogP contribution is -2.57. The zero-order valence-electron chi connectivity index (χ0n) is 13.2. The first kappa shape index (κ1) is 16.2. The van der Waals surface area contributed by atoms with Crippen LogP contribution in [0.2, 0.25) is 0 Å². The van der Waals surface area contributed by atoms with Gasteiger partial charge >= 0.3 is 0 Å². The molecule has 0 saturated carbocycles. The Morgan fingerprint density at radius 2 is 2.13 bits per heavy atom. The van der Waals surface area contributed by atoms with E-state index < -0.39 is 10.8 Å². The average molecular weight is 350 g/mol. The van der Waals surface area contributed by atoms with E-state index in [4.69, 9.17) is 0 Å². The van der Waals surface area contributed by atoms with Crippen LogP contribution in [-0.2, 0) is 16.1 Å². The zero-order chi connectivity index (χ0) is 16.6. The number of likely N-dealkylation sites (N-methyl/N-ethyl adjacent to an activating group) is 1. The molecular weight excluding hydrogens is 332 g/mol. The minimum Gasteiger partial charge on any atom is -0.342 e. The number of carbonyl (C=O) groups is 2. The van der Waals surface area contributed by atoms with Crippen LogP contribution in [-0.4, -0.2) is 49.1 Å². The number of hydrogen-bond donors (Lipinski definition) is 1.